The van der Waals surface area contributed by atoms with Gasteiger partial charge in [0.15, 0.2) is 0 Å². The van der Waals surface area contributed by atoms with E-state index in [1.165, 1.54) is 0 Å². The van der Waals surface area contributed by atoms with Crippen LogP contribution in [0.25, 0.3) is 0 Å². The van der Waals surface area contributed by atoms with Crippen LogP contribution in [-0.4, -0.2) is 36.6 Å². The highest BCUT2D eigenvalue weighted by Crippen LogP contribution is 2.16. The molecule has 1 saturated heterocycles. The lowest BCUT2D eigenvalue weighted by Gasteiger charge is -2.25. The number of rotatable bonds is 2. The van der Waals surface area contributed by atoms with Gasteiger partial charge in [-0.1, -0.05) is 13.8 Å². The number of hydrogen-bond acceptors (Lipinski definition) is 3. The summed E-state index contributed by atoms with van der Waals surface area (Å²) in [5.41, 5.74) is 0. The van der Waals surface area contributed by atoms with Crippen LogP contribution >= 0.6 is 0 Å². The molecule has 90 valence electrons. The van der Waals surface area contributed by atoms with Crippen molar-refractivity contribution in [2.24, 2.45) is 11.8 Å². The molecule has 0 bridgehead atoms. The van der Waals surface area contributed by atoms with Crippen LogP contribution in [0, 0.1) is 23.2 Å². The van der Waals surface area contributed by atoms with Gasteiger partial charge in [-0.05, 0) is 19.3 Å². The summed E-state index contributed by atoms with van der Waals surface area (Å²) in [6.07, 6.45) is 0.921. The molecule has 0 aliphatic carbocycles. The van der Waals surface area contributed by atoms with E-state index in [-0.39, 0.29) is 17.9 Å². The van der Waals surface area contributed by atoms with Crippen LogP contribution in [0.4, 0.5) is 0 Å². The highest BCUT2D eigenvalue weighted by atomic mass is 16.5. The number of ether oxygens (including phenoxy) is 1. The fraction of sp³-hybridized carbons (Fsp3) is 0.833. The van der Waals surface area contributed by atoms with E-state index >= 15 is 0 Å². The van der Waals surface area contributed by atoms with E-state index in [1.807, 2.05) is 20.8 Å². The van der Waals surface area contributed by atoms with E-state index in [0.29, 0.717) is 19.7 Å². The summed E-state index contributed by atoms with van der Waals surface area (Å²) in [4.78, 5) is 13.9. The molecule has 16 heavy (non-hydrogen) atoms. The zero-order valence-corrected chi connectivity index (χ0v) is 10.3. The second-order valence-corrected chi connectivity index (χ2v) is 4.67. The molecule has 4 nitrogen and oxygen atoms in total. The van der Waals surface area contributed by atoms with Gasteiger partial charge in [0.25, 0.3) is 0 Å². The van der Waals surface area contributed by atoms with Crippen molar-refractivity contribution >= 4 is 5.91 Å². The molecule has 0 N–H and O–H groups in total. The van der Waals surface area contributed by atoms with Crippen LogP contribution in [0.5, 0.6) is 0 Å². The molecule has 1 heterocycles. The van der Waals surface area contributed by atoms with Gasteiger partial charge in [-0.25, -0.2) is 0 Å². The molecule has 1 aliphatic heterocycles. The molecule has 1 aliphatic rings. The Kier molecular flexibility index (Phi) is 4.75. The molecule has 2 unspecified atom stereocenters. The van der Waals surface area contributed by atoms with Crippen molar-refractivity contribution in [3.05, 3.63) is 0 Å². The summed E-state index contributed by atoms with van der Waals surface area (Å²) in [6, 6.07) is 2.10. The molecule has 0 radical (unpaired) electrons. The normalized spacial score (nSPS) is 23.7. The molecule has 4 heteroatoms. The number of carbonyl (C=O) groups is 1. The minimum atomic E-state index is -0.523. The van der Waals surface area contributed by atoms with Gasteiger partial charge in [-0.3, -0.25) is 4.79 Å². The van der Waals surface area contributed by atoms with Crippen molar-refractivity contribution in [2.45, 2.75) is 33.3 Å². The van der Waals surface area contributed by atoms with Gasteiger partial charge in [0, 0.05) is 19.7 Å². The second-order valence-electron chi connectivity index (χ2n) is 4.67. The minimum absolute atomic E-state index is 0.0464. The lowest BCUT2D eigenvalue weighted by Crippen LogP contribution is -2.40. The first-order valence-corrected chi connectivity index (χ1v) is 5.86. The summed E-state index contributed by atoms with van der Waals surface area (Å²) in [6.45, 7) is 7.77. The van der Waals surface area contributed by atoms with E-state index in [4.69, 9.17) is 10.00 Å². The van der Waals surface area contributed by atoms with Crippen molar-refractivity contribution < 1.29 is 9.53 Å². The van der Waals surface area contributed by atoms with E-state index in [0.717, 1.165) is 6.42 Å². The molecule has 0 aromatic carbocycles. The van der Waals surface area contributed by atoms with E-state index in [1.54, 1.807) is 4.90 Å². The maximum atomic E-state index is 12.1. The first-order chi connectivity index (χ1) is 7.56. The van der Waals surface area contributed by atoms with E-state index < -0.39 is 5.92 Å². The standard InChI is InChI=1S/C12H20N2O2/c1-9(2)11(7-13)12(15)14-5-4-6-16-10(3)8-14/h9-11H,4-6,8H2,1-3H3. The Labute approximate surface area is 97.2 Å². The predicted octanol–water partition coefficient (Wildman–Crippen LogP) is 1.42. The third-order valence-electron chi connectivity index (χ3n) is 2.84. The Bertz CT molecular complexity index is 283. The van der Waals surface area contributed by atoms with Gasteiger partial charge in [-0.15, -0.1) is 0 Å². The van der Waals surface area contributed by atoms with Gasteiger partial charge < -0.3 is 9.64 Å². The van der Waals surface area contributed by atoms with Crippen molar-refractivity contribution in [1.29, 1.82) is 5.26 Å². The first-order valence-electron chi connectivity index (χ1n) is 5.86. The average Bonchev–Trinajstić information content (AvgIpc) is 2.43. The SMILES string of the molecule is CC1CN(C(=O)C(C#N)C(C)C)CCCO1. The van der Waals surface area contributed by atoms with Crippen molar-refractivity contribution in [3.8, 4) is 6.07 Å². The van der Waals surface area contributed by atoms with Crippen LogP contribution in [0.15, 0.2) is 0 Å². The molecule has 1 amide bonds. The fourth-order valence-electron chi connectivity index (χ4n) is 1.88. The molecule has 0 spiro atoms. The van der Waals surface area contributed by atoms with Crippen LogP contribution in [0.3, 0.4) is 0 Å². The zero-order chi connectivity index (χ0) is 12.1. The summed E-state index contributed by atoms with van der Waals surface area (Å²) in [5, 5.41) is 9.00. The Morgan fingerprint density at radius 2 is 2.25 bits per heavy atom. The molecule has 1 fully saturated rings. The highest BCUT2D eigenvalue weighted by Gasteiger charge is 2.28. The lowest BCUT2D eigenvalue weighted by molar-refractivity contribution is -0.135. The lowest BCUT2D eigenvalue weighted by atomic mass is 9.96. The Balaban J connectivity index is 2.68. The van der Waals surface area contributed by atoms with E-state index in [2.05, 4.69) is 6.07 Å². The summed E-state index contributed by atoms with van der Waals surface area (Å²) >= 11 is 0. The Hall–Kier alpha value is -1.08. The molecule has 0 saturated carbocycles. The highest BCUT2D eigenvalue weighted by molar-refractivity contribution is 5.81. The quantitative estimate of drug-likeness (QED) is 0.712. The third-order valence-corrected chi connectivity index (χ3v) is 2.84. The van der Waals surface area contributed by atoms with Crippen molar-refractivity contribution in [1.82, 2.24) is 4.90 Å². The summed E-state index contributed by atoms with van der Waals surface area (Å²) in [7, 11) is 0. The number of amides is 1. The number of nitriles is 1. The van der Waals surface area contributed by atoms with Gasteiger partial charge >= 0.3 is 0 Å². The molecule has 0 aromatic heterocycles. The minimum Gasteiger partial charge on any atom is -0.377 e. The molecular weight excluding hydrogens is 204 g/mol. The Morgan fingerprint density at radius 3 is 2.81 bits per heavy atom. The number of carbonyl (C=O) groups excluding carboxylic acids is 1. The van der Waals surface area contributed by atoms with Crippen LogP contribution in [0.1, 0.15) is 27.2 Å². The summed E-state index contributed by atoms with van der Waals surface area (Å²) in [5.74, 6) is -0.503. The molecule has 2 atom stereocenters. The van der Waals surface area contributed by atoms with E-state index in [9.17, 15) is 4.79 Å². The van der Waals surface area contributed by atoms with Crippen molar-refractivity contribution in [2.75, 3.05) is 19.7 Å². The van der Waals surface area contributed by atoms with Gasteiger partial charge in [0.1, 0.15) is 5.92 Å². The molecule has 0 aromatic rings. The monoisotopic (exact) mass is 224 g/mol. The van der Waals surface area contributed by atoms with Gasteiger partial charge in [0.05, 0.1) is 12.2 Å². The number of hydrogen-bond donors (Lipinski definition) is 0. The largest absolute Gasteiger partial charge is 0.377 e. The van der Waals surface area contributed by atoms with Crippen LogP contribution in [-0.2, 0) is 9.53 Å². The number of nitrogens with zero attached hydrogens (tertiary/aromatic N) is 2. The fourth-order valence-corrected chi connectivity index (χ4v) is 1.88. The first kappa shape index (κ1) is 13.0. The van der Waals surface area contributed by atoms with Gasteiger partial charge in [0.2, 0.25) is 5.91 Å². The maximum Gasteiger partial charge on any atom is 0.240 e. The van der Waals surface area contributed by atoms with Crippen LogP contribution in [0.2, 0.25) is 0 Å². The average molecular weight is 224 g/mol. The molecule has 1 rings (SSSR count). The smallest absolute Gasteiger partial charge is 0.240 e. The second kappa shape index (κ2) is 5.86. The maximum absolute atomic E-state index is 12.1. The van der Waals surface area contributed by atoms with Crippen LogP contribution < -0.4 is 0 Å². The Morgan fingerprint density at radius 1 is 1.56 bits per heavy atom. The molecular formula is C12H20N2O2. The topological polar surface area (TPSA) is 53.3 Å². The predicted molar refractivity (Wildman–Crippen MR) is 60.6 cm³/mol. The zero-order valence-electron chi connectivity index (χ0n) is 10.3. The van der Waals surface area contributed by atoms with Gasteiger partial charge in [-0.2, -0.15) is 5.26 Å². The summed E-state index contributed by atoms with van der Waals surface area (Å²) < 4.78 is 5.48. The van der Waals surface area contributed by atoms with Crippen molar-refractivity contribution in [3.63, 3.8) is 0 Å². The third kappa shape index (κ3) is 3.21.